The van der Waals surface area contributed by atoms with Gasteiger partial charge < -0.3 is 4.42 Å². The molecule has 0 N–H and O–H groups in total. The smallest absolute Gasteiger partial charge is 0.390 e. The molecule has 11 heteroatoms. The fraction of sp³-hybridized carbons (Fsp3) is 0.368. The Balaban J connectivity index is 1.37. The average molecular weight is 428 g/mol. The highest BCUT2D eigenvalue weighted by Gasteiger charge is 2.44. The predicted molar refractivity (Wildman–Crippen MR) is 108 cm³/mol. The highest BCUT2D eigenvalue weighted by Crippen LogP contribution is 2.49. The lowest BCUT2D eigenvalue weighted by atomic mass is 9.63. The summed E-state index contributed by atoms with van der Waals surface area (Å²) in [6.45, 7) is 2.15. The number of halogens is 1. The van der Waals surface area contributed by atoms with Crippen molar-refractivity contribution in [3.63, 3.8) is 0 Å². The number of fused-ring (bicyclic) bond motifs is 1. The summed E-state index contributed by atoms with van der Waals surface area (Å²) < 4.78 is 9.35. The minimum atomic E-state index is -0.530. The summed E-state index contributed by atoms with van der Waals surface area (Å²) in [7, 11) is 1.62. The number of hydrogen-bond acceptors (Lipinski definition) is 7. The Kier molecular flexibility index (Phi) is 4.14. The molecule has 3 heterocycles. The molecule has 0 radical (unpaired) electrons. The number of aryl methyl sites for hydroxylation is 1. The summed E-state index contributed by atoms with van der Waals surface area (Å²) in [5.41, 5.74) is 1.34. The van der Waals surface area contributed by atoms with Crippen LogP contribution in [-0.2, 0) is 19.0 Å². The minimum absolute atomic E-state index is 0.00361. The van der Waals surface area contributed by atoms with E-state index >= 15 is 0 Å². The maximum absolute atomic E-state index is 12.6. The first-order valence-corrected chi connectivity index (χ1v) is 9.81. The van der Waals surface area contributed by atoms with Gasteiger partial charge in [0.25, 0.3) is 5.56 Å². The summed E-state index contributed by atoms with van der Waals surface area (Å²) in [5.74, 6) is -0.379. The number of hydrogen-bond donors (Lipinski definition) is 0. The van der Waals surface area contributed by atoms with E-state index < -0.39 is 5.76 Å². The van der Waals surface area contributed by atoms with Crippen LogP contribution >= 0.6 is 11.6 Å². The molecule has 10 nitrogen and oxygen atoms in total. The second-order valence-electron chi connectivity index (χ2n) is 7.90. The van der Waals surface area contributed by atoms with Crippen LogP contribution in [0.5, 0.6) is 0 Å². The first-order valence-electron chi connectivity index (χ1n) is 9.43. The zero-order chi connectivity index (χ0) is 21.0. The van der Waals surface area contributed by atoms with Crippen molar-refractivity contribution >= 4 is 22.8 Å². The van der Waals surface area contributed by atoms with Gasteiger partial charge in [-0.05, 0) is 36.0 Å². The molecule has 0 amide bonds. The second-order valence-corrected chi connectivity index (χ2v) is 8.34. The van der Waals surface area contributed by atoms with Gasteiger partial charge in [0.1, 0.15) is 12.9 Å². The molecule has 0 aliphatic heterocycles. The molecule has 1 aliphatic carbocycles. The van der Waals surface area contributed by atoms with E-state index in [2.05, 4.69) is 27.3 Å². The lowest BCUT2D eigenvalue weighted by Crippen LogP contribution is -2.42. The largest absolute Gasteiger partial charge is 0.437 e. The van der Waals surface area contributed by atoms with Gasteiger partial charge >= 0.3 is 5.76 Å². The highest BCUT2D eigenvalue weighted by molar-refractivity contribution is 6.30. The van der Waals surface area contributed by atoms with E-state index in [1.807, 2.05) is 24.3 Å². The Morgan fingerprint density at radius 3 is 2.70 bits per heavy atom. The van der Waals surface area contributed by atoms with Crippen LogP contribution in [0.25, 0.3) is 11.2 Å². The molecule has 1 saturated carbocycles. The van der Waals surface area contributed by atoms with Gasteiger partial charge in [-0.3, -0.25) is 9.36 Å². The van der Waals surface area contributed by atoms with Gasteiger partial charge in [-0.25, -0.2) is 14.5 Å². The van der Waals surface area contributed by atoms with Crippen LogP contribution in [0.4, 0.5) is 0 Å². The van der Waals surface area contributed by atoms with Crippen molar-refractivity contribution in [2.75, 3.05) is 0 Å². The number of aromatic nitrogens is 7. The second kappa shape index (κ2) is 6.63. The molecule has 30 heavy (non-hydrogen) atoms. The Morgan fingerprint density at radius 1 is 1.23 bits per heavy atom. The molecule has 0 bridgehead atoms. The van der Waals surface area contributed by atoms with Gasteiger partial charge in [-0.1, -0.05) is 35.9 Å². The Morgan fingerprint density at radius 2 is 1.97 bits per heavy atom. The SMILES string of the molecule is Cn1nnc2ncn(Cc3nn([C@H]4C[C@](C)(c5ccc(Cl)cc5)C4)c(=O)o3)c(=O)c21. The summed E-state index contributed by atoms with van der Waals surface area (Å²) in [4.78, 5) is 29.1. The van der Waals surface area contributed by atoms with E-state index in [1.165, 1.54) is 25.8 Å². The van der Waals surface area contributed by atoms with Crippen molar-refractivity contribution in [2.45, 2.75) is 37.8 Å². The third-order valence-electron chi connectivity index (χ3n) is 5.77. The third-order valence-corrected chi connectivity index (χ3v) is 6.02. The third kappa shape index (κ3) is 2.95. The van der Waals surface area contributed by atoms with Crippen LogP contribution in [0.3, 0.4) is 0 Å². The van der Waals surface area contributed by atoms with Gasteiger partial charge in [0.2, 0.25) is 11.5 Å². The lowest BCUT2D eigenvalue weighted by molar-refractivity contribution is 0.147. The van der Waals surface area contributed by atoms with Gasteiger partial charge in [0.05, 0.1) is 6.04 Å². The normalized spacial score (nSPS) is 21.1. The number of nitrogens with zero attached hydrogens (tertiary/aromatic N) is 7. The van der Waals surface area contributed by atoms with E-state index in [0.29, 0.717) is 5.02 Å². The molecule has 154 valence electrons. The fourth-order valence-electron chi connectivity index (χ4n) is 4.10. The number of rotatable bonds is 4. The quantitative estimate of drug-likeness (QED) is 0.486. The van der Waals surface area contributed by atoms with Crippen molar-refractivity contribution in [3.8, 4) is 0 Å². The standard InChI is InChI=1S/C19H18ClN7O3/c1-19(11-3-5-12(20)6-4-11)7-13(8-19)27-18(29)30-14(23-27)9-26-10-21-16-15(17(26)28)25(2)24-22-16/h3-6,10,13H,7-9H2,1-2H3/t13-,19-. The molecule has 0 atom stereocenters. The van der Waals surface area contributed by atoms with Crippen LogP contribution < -0.4 is 11.3 Å². The summed E-state index contributed by atoms with van der Waals surface area (Å²) in [6, 6.07) is 7.71. The molecular weight excluding hydrogens is 410 g/mol. The summed E-state index contributed by atoms with van der Waals surface area (Å²) in [5, 5.41) is 12.6. The highest BCUT2D eigenvalue weighted by atomic mass is 35.5. The van der Waals surface area contributed by atoms with Gasteiger partial charge in [0.15, 0.2) is 5.52 Å². The molecule has 1 fully saturated rings. The monoisotopic (exact) mass is 427 g/mol. The Hall–Kier alpha value is -3.27. The maximum Gasteiger partial charge on any atom is 0.437 e. The van der Waals surface area contributed by atoms with Crippen LogP contribution in [0, 0.1) is 0 Å². The van der Waals surface area contributed by atoms with Gasteiger partial charge in [-0.2, -0.15) is 4.68 Å². The molecule has 0 saturated heterocycles. The van der Waals surface area contributed by atoms with Crippen molar-refractivity contribution < 1.29 is 4.42 Å². The zero-order valence-corrected chi connectivity index (χ0v) is 17.1. The molecule has 1 aromatic carbocycles. The molecule has 5 rings (SSSR count). The van der Waals surface area contributed by atoms with E-state index in [0.717, 1.165) is 12.8 Å². The summed E-state index contributed by atoms with van der Waals surface area (Å²) >= 11 is 5.98. The Bertz CT molecular complexity index is 1360. The topological polar surface area (TPSA) is 114 Å². The maximum atomic E-state index is 12.6. The van der Waals surface area contributed by atoms with Gasteiger partial charge in [0, 0.05) is 12.1 Å². The van der Waals surface area contributed by atoms with E-state index in [-0.39, 0.29) is 40.6 Å². The molecular formula is C19H18ClN7O3. The van der Waals surface area contributed by atoms with Crippen molar-refractivity contribution in [2.24, 2.45) is 7.05 Å². The Labute approximate surface area is 174 Å². The van der Waals surface area contributed by atoms with E-state index in [1.54, 1.807) is 7.05 Å². The number of benzene rings is 1. The minimum Gasteiger partial charge on any atom is -0.390 e. The summed E-state index contributed by atoms with van der Waals surface area (Å²) in [6.07, 6.45) is 2.86. The van der Waals surface area contributed by atoms with E-state index in [9.17, 15) is 9.59 Å². The van der Waals surface area contributed by atoms with Crippen molar-refractivity contribution in [1.82, 2.24) is 34.3 Å². The molecule has 4 aromatic rings. The molecule has 0 unspecified atom stereocenters. The van der Waals surface area contributed by atoms with Crippen LogP contribution in [-0.4, -0.2) is 34.3 Å². The van der Waals surface area contributed by atoms with Crippen LogP contribution in [0.15, 0.2) is 44.6 Å². The van der Waals surface area contributed by atoms with Crippen LogP contribution in [0.1, 0.15) is 37.3 Å². The molecule has 1 aliphatic rings. The van der Waals surface area contributed by atoms with E-state index in [4.69, 9.17) is 16.0 Å². The van der Waals surface area contributed by atoms with Crippen molar-refractivity contribution in [1.29, 1.82) is 0 Å². The average Bonchev–Trinajstić information content (AvgIpc) is 3.25. The fourth-order valence-corrected chi connectivity index (χ4v) is 4.23. The zero-order valence-electron chi connectivity index (χ0n) is 16.3. The molecule has 3 aromatic heterocycles. The lowest BCUT2D eigenvalue weighted by Gasteiger charge is -2.45. The first kappa shape index (κ1) is 18.7. The predicted octanol–water partition coefficient (Wildman–Crippen LogP) is 1.67. The van der Waals surface area contributed by atoms with Crippen molar-refractivity contribution in [3.05, 3.63) is 68.0 Å². The molecule has 0 spiro atoms. The van der Waals surface area contributed by atoms with Crippen LogP contribution in [0.2, 0.25) is 5.02 Å². The first-order chi connectivity index (χ1) is 14.3. The van der Waals surface area contributed by atoms with Gasteiger partial charge in [-0.15, -0.1) is 10.2 Å².